The second kappa shape index (κ2) is 10.3. The molecule has 28 heavy (non-hydrogen) atoms. The lowest BCUT2D eigenvalue weighted by Gasteiger charge is -2.27. The minimum absolute atomic E-state index is 0.135. The average molecular weight is 386 g/mol. The van der Waals surface area contributed by atoms with Crippen LogP contribution in [0.25, 0.3) is 0 Å². The van der Waals surface area contributed by atoms with E-state index in [0.717, 1.165) is 22.6 Å². The third-order valence-electron chi connectivity index (χ3n) is 4.80. The number of benzene rings is 2. The van der Waals surface area contributed by atoms with E-state index in [4.69, 9.17) is 18.9 Å². The highest BCUT2D eigenvalue weighted by atomic mass is 16.5. The van der Waals surface area contributed by atoms with Gasteiger partial charge in [-0.2, -0.15) is 0 Å². The van der Waals surface area contributed by atoms with Crippen molar-refractivity contribution in [2.24, 2.45) is 0 Å². The zero-order chi connectivity index (χ0) is 20.5. The molecule has 0 spiro atoms. The molecule has 0 N–H and O–H groups in total. The molecule has 0 fully saturated rings. The molecular weight excluding hydrogens is 360 g/mol. The molecule has 2 rings (SSSR count). The Hall–Kier alpha value is -3.02. The standard InChI is InChI=1S/C22H26O6/c1-25-17-9-5-15(6-10-17)19(13-21(23)27-3)20(14-22(24)28-4)16-7-11-18(26-2)12-8-16/h5-12,19-20H,13-14H2,1-4H3/t19-,20-/m1/s1. The predicted molar refractivity (Wildman–Crippen MR) is 105 cm³/mol. The van der Waals surface area contributed by atoms with Gasteiger partial charge in [0.2, 0.25) is 0 Å². The molecule has 0 aliphatic heterocycles. The van der Waals surface area contributed by atoms with Crippen LogP contribution in [-0.2, 0) is 19.1 Å². The number of ether oxygens (including phenoxy) is 4. The first-order valence-corrected chi connectivity index (χ1v) is 8.93. The van der Waals surface area contributed by atoms with Crippen LogP contribution in [0, 0.1) is 0 Å². The SMILES string of the molecule is COC(=O)C[C@H](c1ccc(OC)cc1)[C@H](CC(=O)OC)c1ccc(OC)cc1. The molecular formula is C22H26O6. The Labute approximate surface area is 165 Å². The van der Waals surface area contributed by atoms with E-state index in [1.165, 1.54) is 14.2 Å². The zero-order valence-corrected chi connectivity index (χ0v) is 16.6. The summed E-state index contributed by atoms with van der Waals surface area (Å²) < 4.78 is 20.3. The summed E-state index contributed by atoms with van der Waals surface area (Å²) >= 11 is 0. The van der Waals surface area contributed by atoms with Crippen molar-refractivity contribution in [3.05, 3.63) is 59.7 Å². The predicted octanol–water partition coefficient (Wildman–Crippen LogP) is 3.70. The van der Waals surface area contributed by atoms with Gasteiger partial charge in [-0.25, -0.2) is 0 Å². The lowest BCUT2D eigenvalue weighted by atomic mass is 9.77. The highest BCUT2D eigenvalue weighted by Gasteiger charge is 2.30. The van der Waals surface area contributed by atoms with E-state index in [1.54, 1.807) is 14.2 Å². The largest absolute Gasteiger partial charge is 0.497 e. The van der Waals surface area contributed by atoms with Crippen molar-refractivity contribution in [2.75, 3.05) is 28.4 Å². The van der Waals surface area contributed by atoms with Gasteiger partial charge in [-0.1, -0.05) is 24.3 Å². The van der Waals surface area contributed by atoms with E-state index in [9.17, 15) is 9.59 Å². The van der Waals surface area contributed by atoms with E-state index in [2.05, 4.69) is 0 Å². The van der Waals surface area contributed by atoms with Gasteiger partial charge in [-0.05, 0) is 35.4 Å². The first-order valence-electron chi connectivity index (χ1n) is 8.93. The average Bonchev–Trinajstić information content (AvgIpc) is 2.75. The van der Waals surface area contributed by atoms with Gasteiger partial charge < -0.3 is 18.9 Å². The van der Waals surface area contributed by atoms with Gasteiger partial charge in [0.05, 0.1) is 41.3 Å². The quantitative estimate of drug-likeness (QED) is 0.612. The number of hydrogen-bond donors (Lipinski definition) is 0. The van der Waals surface area contributed by atoms with E-state index in [1.807, 2.05) is 48.5 Å². The minimum atomic E-state index is -0.343. The van der Waals surface area contributed by atoms with Crippen LogP contribution >= 0.6 is 0 Å². The van der Waals surface area contributed by atoms with Crippen molar-refractivity contribution in [2.45, 2.75) is 24.7 Å². The molecule has 0 unspecified atom stereocenters. The zero-order valence-electron chi connectivity index (χ0n) is 16.6. The molecule has 0 saturated carbocycles. The second-order valence-electron chi connectivity index (χ2n) is 6.32. The fourth-order valence-electron chi connectivity index (χ4n) is 3.21. The molecule has 0 radical (unpaired) electrons. The van der Waals surface area contributed by atoms with Crippen molar-refractivity contribution in [3.8, 4) is 11.5 Å². The summed E-state index contributed by atoms with van der Waals surface area (Å²) in [5.74, 6) is 0.203. The van der Waals surface area contributed by atoms with Crippen LogP contribution < -0.4 is 9.47 Å². The maximum atomic E-state index is 12.1. The topological polar surface area (TPSA) is 71.1 Å². The van der Waals surface area contributed by atoms with Crippen LogP contribution in [0.3, 0.4) is 0 Å². The maximum Gasteiger partial charge on any atom is 0.306 e. The fourth-order valence-corrected chi connectivity index (χ4v) is 3.21. The summed E-state index contributed by atoms with van der Waals surface area (Å²) in [5.41, 5.74) is 1.83. The minimum Gasteiger partial charge on any atom is -0.497 e. The van der Waals surface area contributed by atoms with Gasteiger partial charge in [0.25, 0.3) is 0 Å². The van der Waals surface area contributed by atoms with Crippen LogP contribution in [0.5, 0.6) is 11.5 Å². The Morgan fingerprint density at radius 1 is 0.643 bits per heavy atom. The first kappa shape index (κ1) is 21.3. The van der Waals surface area contributed by atoms with E-state index in [-0.39, 0.29) is 36.6 Å². The van der Waals surface area contributed by atoms with Gasteiger partial charge in [-0.15, -0.1) is 0 Å². The molecule has 0 aromatic heterocycles. The van der Waals surface area contributed by atoms with Crippen molar-refractivity contribution in [3.63, 3.8) is 0 Å². The molecule has 0 aliphatic rings. The molecule has 0 heterocycles. The second-order valence-corrected chi connectivity index (χ2v) is 6.32. The monoisotopic (exact) mass is 386 g/mol. The molecule has 0 saturated heterocycles. The maximum absolute atomic E-state index is 12.1. The van der Waals surface area contributed by atoms with Crippen LogP contribution in [0.15, 0.2) is 48.5 Å². The van der Waals surface area contributed by atoms with Crippen molar-refractivity contribution in [1.82, 2.24) is 0 Å². The Bertz CT molecular complexity index is 699. The van der Waals surface area contributed by atoms with E-state index in [0.29, 0.717) is 0 Å². The summed E-state index contributed by atoms with van der Waals surface area (Å²) in [6.07, 6.45) is 0.271. The summed E-state index contributed by atoms with van der Waals surface area (Å²) in [7, 11) is 5.91. The summed E-state index contributed by atoms with van der Waals surface area (Å²) in [4.78, 5) is 24.3. The third kappa shape index (κ3) is 5.49. The number of esters is 2. The number of methoxy groups -OCH3 is 4. The number of carbonyl (C=O) groups is 2. The third-order valence-corrected chi connectivity index (χ3v) is 4.80. The molecule has 6 heteroatoms. The highest BCUT2D eigenvalue weighted by molar-refractivity contribution is 5.73. The number of carbonyl (C=O) groups excluding carboxylic acids is 2. The summed E-state index contributed by atoms with van der Waals surface area (Å²) in [6, 6.07) is 15.0. The summed E-state index contributed by atoms with van der Waals surface area (Å²) in [6.45, 7) is 0. The van der Waals surface area contributed by atoms with Crippen LogP contribution in [0.1, 0.15) is 35.8 Å². The molecule has 6 nitrogen and oxygen atoms in total. The molecule has 0 aliphatic carbocycles. The van der Waals surface area contributed by atoms with Gasteiger partial charge in [0, 0.05) is 11.8 Å². The smallest absolute Gasteiger partial charge is 0.306 e. The van der Waals surface area contributed by atoms with Crippen LogP contribution in [0.4, 0.5) is 0 Å². The molecule has 2 aromatic rings. The molecule has 0 bridgehead atoms. The number of hydrogen-bond acceptors (Lipinski definition) is 6. The Kier molecular flexibility index (Phi) is 7.87. The Balaban J connectivity index is 2.47. The van der Waals surface area contributed by atoms with Crippen LogP contribution in [-0.4, -0.2) is 40.4 Å². The van der Waals surface area contributed by atoms with Crippen molar-refractivity contribution >= 4 is 11.9 Å². The summed E-state index contributed by atoms with van der Waals surface area (Å²) in [5, 5.41) is 0. The van der Waals surface area contributed by atoms with Crippen molar-refractivity contribution < 1.29 is 28.5 Å². The molecule has 2 aromatic carbocycles. The lowest BCUT2D eigenvalue weighted by Crippen LogP contribution is -2.20. The normalized spacial score (nSPS) is 12.6. The Morgan fingerprint density at radius 2 is 0.964 bits per heavy atom. The molecule has 2 atom stereocenters. The molecule has 0 amide bonds. The van der Waals surface area contributed by atoms with Crippen LogP contribution in [0.2, 0.25) is 0 Å². The Morgan fingerprint density at radius 3 is 1.21 bits per heavy atom. The highest BCUT2D eigenvalue weighted by Crippen LogP contribution is 2.39. The van der Waals surface area contributed by atoms with Gasteiger partial charge in [0.15, 0.2) is 0 Å². The van der Waals surface area contributed by atoms with Gasteiger partial charge >= 0.3 is 11.9 Å². The first-order chi connectivity index (χ1) is 13.5. The van der Waals surface area contributed by atoms with E-state index >= 15 is 0 Å². The van der Waals surface area contributed by atoms with Crippen molar-refractivity contribution in [1.29, 1.82) is 0 Å². The lowest BCUT2D eigenvalue weighted by molar-refractivity contribution is -0.143. The fraction of sp³-hybridized carbons (Fsp3) is 0.364. The number of rotatable bonds is 9. The molecule has 150 valence electrons. The van der Waals surface area contributed by atoms with Gasteiger partial charge in [-0.3, -0.25) is 9.59 Å². The van der Waals surface area contributed by atoms with Gasteiger partial charge in [0.1, 0.15) is 11.5 Å². The van der Waals surface area contributed by atoms with E-state index < -0.39 is 0 Å².